The van der Waals surface area contributed by atoms with Crippen molar-refractivity contribution in [3.05, 3.63) is 58.1 Å². The van der Waals surface area contributed by atoms with Gasteiger partial charge in [-0.15, -0.1) is 0 Å². The minimum atomic E-state index is -0.182. The van der Waals surface area contributed by atoms with E-state index in [-0.39, 0.29) is 17.9 Å². The van der Waals surface area contributed by atoms with Crippen molar-refractivity contribution in [3.63, 3.8) is 0 Å². The van der Waals surface area contributed by atoms with Crippen molar-refractivity contribution >= 4 is 40.7 Å². The van der Waals surface area contributed by atoms with E-state index in [4.69, 9.17) is 11.6 Å². The Bertz CT molecular complexity index is 1080. The van der Waals surface area contributed by atoms with E-state index >= 15 is 0 Å². The number of amides is 2. The van der Waals surface area contributed by atoms with Crippen LogP contribution in [-0.4, -0.2) is 36.9 Å². The van der Waals surface area contributed by atoms with Gasteiger partial charge in [0.1, 0.15) is 0 Å². The first-order valence-corrected chi connectivity index (χ1v) is 11.1. The van der Waals surface area contributed by atoms with Crippen molar-refractivity contribution in [2.45, 2.75) is 37.6 Å². The van der Waals surface area contributed by atoms with Crippen molar-refractivity contribution in [2.24, 2.45) is 4.99 Å². The molecule has 2 saturated carbocycles. The maximum Gasteiger partial charge on any atom is 0.257 e. The van der Waals surface area contributed by atoms with Gasteiger partial charge in [0.15, 0.2) is 5.96 Å². The SMILES string of the molecule is O=C(NC1=NCCN1)c1ccc(Nc2cccc(C(=O)NC3CC3)c2Cl)c(C2CC2)c1. The Hall–Kier alpha value is -3.06. The number of anilines is 2. The zero-order valence-electron chi connectivity index (χ0n) is 17.0. The standard InChI is InChI=1S/C23H24ClN5O2/c24-20-16(22(31)27-15-7-8-15)2-1-3-19(20)28-18-9-6-14(12-17(18)13-4-5-13)21(30)29-23-25-10-11-26-23/h1-3,6,9,12-13,15,28H,4-5,7-8,10-11H2,(H,27,31)(H2,25,26,29,30). The zero-order chi connectivity index (χ0) is 21.4. The Morgan fingerprint density at radius 1 is 1.03 bits per heavy atom. The van der Waals surface area contributed by atoms with Crippen LogP contribution in [0.4, 0.5) is 11.4 Å². The number of rotatable bonds is 6. The van der Waals surface area contributed by atoms with E-state index in [9.17, 15) is 9.59 Å². The summed E-state index contributed by atoms with van der Waals surface area (Å²) in [5.41, 5.74) is 3.71. The predicted molar refractivity (Wildman–Crippen MR) is 121 cm³/mol. The summed E-state index contributed by atoms with van der Waals surface area (Å²) < 4.78 is 0. The number of carbonyl (C=O) groups is 2. The Labute approximate surface area is 185 Å². The molecule has 1 heterocycles. The molecule has 5 rings (SSSR count). The molecule has 0 aromatic heterocycles. The summed E-state index contributed by atoms with van der Waals surface area (Å²) in [6.07, 6.45) is 4.22. The molecule has 0 spiro atoms. The van der Waals surface area contributed by atoms with Crippen molar-refractivity contribution in [1.29, 1.82) is 0 Å². The van der Waals surface area contributed by atoms with Gasteiger partial charge in [0.25, 0.3) is 11.8 Å². The molecule has 4 N–H and O–H groups in total. The van der Waals surface area contributed by atoms with Gasteiger partial charge >= 0.3 is 0 Å². The second-order valence-corrected chi connectivity index (χ2v) is 8.61. The van der Waals surface area contributed by atoms with Crippen LogP contribution in [0.15, 0.2) is 41.4 Å². The maximum atomic E-state index is 12.6. The lowest BCUT2D eigenvalue weighted by atomic mass is 10.0. The first kappa shape index (κ1) is 19.9. The number of carbonyl (C=O) groups excluding carboxylic acids is 2. The molecule has 1 aliphatic heterocycles. The van der Waals surface area contributed by atoms with Gasteiger partial charge in [-0.25, -0.2) is 0 Å². The molecule has 2 aliphatic carbocycles. The molecule has 0 bridgehead atoms. The molecule has 2 amide bonds. The number of halogens is 1. The van der Waals surface area contributed by atoms with Gasteiger partial charge in [0, 0.05) is 23.8 Å². The Morgan fingerprint density at radius 2 is 1.87 bits per heavy atom. The van der Waals surface area contributed by atoms with Crippen LogP contribution in [-0.2, 0) is 0 Å². The molecular formula is C23H24ClN5O2. The summed E-state index contributed by atoms with van der Waals surface area (Å²) in [6, 6.07) is 11.3. The summed E-state index contributed by atoms with van der Waals surface area (Å²) in [4.78, 5) is 29.3. The van der Waals surface area contributed by atoms with Crippen LogP contribution >= 0.6 is 11.6 Å². The summed E-state index contributed by atoms with van der Waals surface area (Å²) in [5.74, 6) is 0.609. The second-order valence-electron chi connectivity index (χ2n) is 8.23. The third-order valence-corrected chi connectivity index (χ3v) is 6.07. The predicted octanol–water partition coefficient (Wildman–Crippen LogP) is 3.54. The topological polar surface area (TPSA) is 94.6 Å². The van der Waals surface area contributed by atoms with Crippen molar-refractivity contribution in [1.82, 2.24) is 16.0 Å². The van der Waals surface area contributed by atoms with Crippen molar-refractivity contribution in [3.8, 4) is 0 Å². The average Bonchev–Trinajstić information content (AvgIpc) is 3.70. The highest BCUT2D eigenvalue weighted by Gasteiger charge is 2.28. The average molecular weight is 438 g/mol. The van der Waals surface area contributed by atoms with E-state index in [2.05, 4.69) is 26.3 Å². The number of nitrogens with zero attached hydrogens (tertiary/aromatic N) is 1. The van der Waals surface area contributed by atoms with E-state index in [1.807, 2.05) is 24.3 Å². The number of hydrogen-bond acceptors (Lipinski definition) is 5. The lowest BCUT2D eigenvalue weighted by molar-refractivity contribution is 0.0948. The maximum absolute atomic E-state index is 12.6. The lowest BCUT2D eigenvalue weighted by Crippen LogP contribution is -2.38. The third-order valence-electron chi connectivity index (χ3n) is 5.66. The van der Waals surface area contributed by atoms with E-state index in [0.29, 0.717) is 40.3 Å². The van der Waals surface area contributed by atoms with Crippen molar-refractivity contribution in [2.75, 3.05) is 18.4 Å². The number of benzene rings is 2. The number of aliphatic imine (C=N–C) groups is 1. The van der Waals surface area contributed by atoms with Gasteiger partial charge < -0.3 is 16.0 Å². The summed E-state index contributed by atoms with van der Waals surface area (Å²) >= 11 is 6.57. The van der Waals surface area contributed by atoms with Gasteiger partial charge in [-0.1, -0.05) is 17.7 Å². The third kappa shape index (κ3) is 4.51. The highest BCUT2D eigenvalue weighted by molar-refractivity contribution is 6.36. The first-order valence-electron chi connectivity index (χ1n) is 10.7. The van der Waals surface area contributed by atoms with Gasteiger partial charge in [0.05, 0.1) is 22.8 Å². The molecule has 8 heteroatoms. The summed E-state index contributed by atoms with van der Waals surface area (Å²) in [5, 5.41) is 12.6. The molecule has 31 heavy (non-hydrogen) atoms. The summed E-state index contributed by atoms with van der Waals surface area (Å²) in [7, 11) is 0. The molecule has 0 saturated heterocycles. The molecule has 2 aromatic carbocycles. The van der Waals surface area contributed by atoms with Crippen LogP contribution in [0.3, 0.4) is 0 Å². The molecule has 3 aliphatic rings. The number of guanidine groups is 1. The van der Waals surface area contributed by atoms with Crippen LogP contribution in [0.1, 0.15) is 57.9 Å². The Morgan fingerprint density at radius 3 is 2.58 bits per heavy atom. The fourth-order valence-electron chi connectivity index (χ4n) is 3.65. The molecule has 2 aromatic rings. The molecule has 7 nitrogen and oxygen atoms in total. The van der Waals surface area contributed by atoms with Crippen LogP contribution in [0.5, 0.6) is 0 Å². The van der Waals surface area contributed by atoms with E-state index in [0.717, 1.165) is 43.5 Å². The van der Waals surface area contributed by atoms with Gasteiger partial charge in [-0.3, -0.25) is 19.9 Å². The smallest absolute Gasteiger partial charge is 0.257 e. The van der Waals surface area contributed by atoms with Crippen LogP contribution in [0.2, 0.25) is 5.02 Å². The Kier molecular flexibility index (Phi) is 5.28. The monoisotopic (exact) mass is 437 g/mol. The van der Waals surface area contributed by atoms with Gasteiger partial charge in [0.2, 0.25) is 0 Å². The van der Waals surface area contributed by atoms with Crippen LogP contribution < -0.4 is 21.3 Å². The fourth-order valence-corrected chi connectivity index (χ4v) is 3.91. The fraction of sp³-hybridized carbons (Fsp3) is 0.348. The molecular weight excluding hydrogens is 414 g/mol. The first-order chi connectivity index (χ1) is 15.1. The molecule has 0 unspecified atom stereocenters. The summed E-state index contributed by atoms with van der Waals surface area (Å²) in [6.45, 7) is 1.41. The number of nitrogens with one attached hydrogen (secondary N) is 4. The van der Waals surface area contributed by atoms with E-state index in [1.54, 1.807) is 12.1 Å². The largest absolute Gasteiger partial charge is 0.354 e. The highest BCUT2D eigenvalue weighted by Crippen LogP contribution is 2.45. The Balaban J connectivity index is 1.38. The quantitative estimate of drug-likeness (QED) is 0.556. The van der Waals surface area contributed by atoms with Crippen molar-refractivity contribution < 1.29 is 9.59 Å². The molecule has 0 radical (unpaired) electrons. The minimum absolute atomic E-state index is 0.144. The minimum Gasteiger partial charge on any atom is -0.354 e. The van der Waals surface area contributed by atoms with Crippen LogP contribution in [0, 0.1) is 0 Å². The number of hydrogen-bond donors (Lipinski definition) is 4. The second kappa shape index (κ2) is 8.23. The molecule has 2 fully saturated rings. The van der Waals surface area contributed by atoms with E-state index < -0.39 is 0 Å². The highest BCUT2D eigenvalue weighted by atomic mass is 35.5. The normalized spacial score (nSPS) is 17.5. The van der Waals surface area contributed by atoms with Crippen LogP contribution in [0.25, 0.3) is 0 Å². The zero-order valence-corrected chi connectivity index (χ0v) is 17.8. The molecule has 0 atom stereocenters. The molecule has 160 valence electrons. The lowest BCUT2D eigenvalue weighted by Gasteiger charge is -2.16. The van der Waals surface area contributed by atoms with Gasteiger partial charge in [-0.2, -0.15) is 0 Å². The van der Waals surface area contributed by atoms with Gasteiger partial charge in [-0.05, 0) is 67.5 Å². The van der Waals surface area contributed by atoms with E-state index in [1.165, 1.54) is 0 Å².